The molecule has 2 aliphatic heterocycles. The third-order valence-corrected chi connectivity index (χ3v) is 4.99. The highest BCUT2D eigenvalue weighted by Crippen LogP contribution is 2.26. The average Bonchev–Trinajstić information content (AvgIpc) is 2.92. The van der Waals surface area contributed by atoms with Gasteiger partial charge in [0.15, 0.2) is 0 Å². The van der Waals surface area contributed by atoms with Gasteiger partial charge in [-0.2, -0.15) is 0 Å². The van der Waals surface area contributed by atoms with Crippen LogP contribution in [0.5, 0.6) is 0 Å². The van der Waals surface area contributed by atoms with Crippen molar-refractivity contribution in [2.45, 2.75) is 37.6 Å². The number of ether oxygens (including phenoxy) is 1. The van der Waals surface area contributed by atoms with E-state index in [2.05, 4.69) is 25.8 Å². The van der Waals surface area contributed by atoms with Gasteiger partial charge in [0.05, 0.1) is 11.9 Å². The Balaban J connectivity index is 1.57. The van der Waals surface area contributed by atoms with Crippen LogP contribution in [0.2, 0.25) is 0 Å². The molecule has 1 aromatic rings. The number of hydrogen-bond donors (Lipinski definition) is 0. The second-order valence-electron chi connectivity index (χ2n) is 7.63. The molecule has 8 heteroatoms. The van der Waals surface area contributed by atoms with Crippen LogP contribution in [0, 0.1) is 0 Å². The van der Waals surface area contributed by atoms with E-state index in [9.17, 15) is 9.59 Å². The number of carbonyl (C=O) groups excluding carboxylic acids is 2. The van der Waals surface area contributed by atoms with Crippen LogP contribution in [0.15, 0.2) is 18.3 Å². The Morgan fingerprint density at radius 2 is 1.92 bits per heavy atom. The summed E-state index contributed by atoms with van der Waals surface area (Å²) in [7, 11) is 0. The van der Waals surface area contributed by atoms with Crippen molar-refractivity contribution >= 4 is 39.4 Å². The molecule has 1 atom stereocenters. The van der Waals surface area contributed by atoms with Crippen molar-refractivity contribution in [3.05, 3.63) is 18.3 Å². The van der Waals surface area contributed by atoms with Gasteiger partial charge in [0.2, 0.25) is 5.91 Å². The molecule has 2 amide bonds. The molecule has 3 heterocycles. The predicted molar refractivity (Wildman–Crippen MR) is 104 cm³/mol. The molecular formula is C18H25BrN4O3. The first kappa shape index (κ1) is 18.9. The van der Waals surface area contributed by atoms with Gasteiger partial charge in [0.25, 0.3) is 0 Å². The standard InChI is InChI=1S/C18H25BrN4O3/c1-18(2,3)26-17(25)22-8-6-21(7-9-22)15-5-4-14(11-20-15)23-12-13(19)10-16(23)24/h4-5,11,13H,6-10,12H2,1-3H3. The summed E-state index contributed by atoms with van der Waals surface area (Å²) in [6.45, 7) is 8.91. The van der Waals surface area contributed by atoms with Gasteiger partial charge in [-0.25, -0.2) is 9.78 Å². The fourth-order valence-corrected chi connectivity index (χ4v) is 3.65. The van der Waals surface area contributed by atoms with Gasteiger partial charge >= 0.3 is 6.09 Å². The zero-order chi connectivity index (χ0) is 18.9. The largest absolute Gasteiger partial charge is 0.444 e. The number of halogens is 1. The van der Waals surface area contributed by atoms with Crippen molar-refractivity contribution in [3.63, 3.8) is 0 Å². The fraction of sp³-hybridized carbons (Fsp3) is 0.611. The molecule has 0 aromatic carbocycles. The van der Waals surface area contributed by atoms with Crippen molar-refractivity contribution in [1.82, 2.24) is 9.88 Å². The van der Waals surface area contributed by atoms with Crippen LogP contribution < -0.4 is 9.80 Å². The van der Waals surface area contributed by atoms with Crippen LogP contribution in [0.1, 0.15) is 27.2 Å². The van der Waals surface area contributed by atoms with Crippen molar-refractivity contribution in [1.29, 1.82) is 0 Å². The molecule has 0 N–H and O–H groups in total. The van der Waals surface area contributed by atoms with Gasteiger partial charge in [-0.3, -0.25) is 4.79 Å². The zero-order valence-electron chi connectivity index (χ0n) is 15.4. The summed E-state index contributed by atoms with van der Waals surface area (Å²) in [5.74, 6) is 0.979. The number of hydrogen-bond acceptors (Lipinski definition) is 5. The average molecular weight is 425 g/mol. The highest BCUT2D eigenvalue weighted by molar-refractivity contribution is 9.09. The maximum absolute atomic E-state index is 12.1. The lowest BCUT2D eigenvalue weighted by Crippen LogP contribution is -2.50. The first-order valence-corrected chi connectivity index (χ1v) is 9.78. The molecular weight excluding hydrogens is 400 g/mol. The number of carbonyl (C=O) groups is 2. The first-order chi connectivity index (χ1) is 12.2. The lowest BCUT2D eigenvalue weighted by molar-refractivity contribution is -0.117. The molecule has 0 saturated carbocycles. The molecule has 2 fully saturated rings. The molecule has 1 aromatic heterocycles. The lowest BCUT2D eigenvalue weighted by Gasteiger charge is -2.36. The van der Waals surface area contributed by atoms with Crippen LogP contribution >= 0.6 is 15.9 Å². The number of pyridine rings is 1. The van der Waals surface area contributed by atoms with Crippen LogP contribution in [-0.4, -0.2) is 65.0 Å². The fourth-order valence-electron chi connectivity index (χ4n) is 3.08. The van der Waals surface area contributed by atoms with Crippen molar-refractivity contribution in [2.75, 3.05) is 42.5 Å². The van der Waals surface area contributed by atoms with E-state index >= 15 is 0 Å². The Labute approximate surface area is 162 Å². The van der Waals surface area contributed by atoms with Crippen molar-refractivity contribution in [3.8, 4) is 0 Å². The monoisotopic (exact) mass is 424 g/mol. The molecule has 0 aliphatic carbocycles. The molecule has 0 spiro atoms. The Bertz CT molecular complexity index is 666. The minimum atomic E-state index is -0.479. The Hall–Kier alpha value is -1.83. The highest BCUT2D eigenvalue weighted by atomic mass is 79.9. The van der Waals surface area contributed by atoms with E-state index in [0.717, 1.165) is 11.5 Å². The van der Waals surface area contributed by atoms with E-state index in [1.807, 2.05) is 32.9 Å². The van der Waals surface area contributed by atoms with Crippen molar-refractivity contribution < 1.29 is 14.3 Å². The zero-order valence-corrected chi connectivity index (χ0v) is 17.0. The summed E-state index contributed by atoms with van der Waals surface area (Å²) in [5.41, 5.74) is 0.348. The summed E-state index contributed by atoms with van der Waals surface area (Å²) in [5, 5.41) is 0. The minimum Gasteiger partial charge on any atom is -0.444 e. The topological polar surface area (TPSA) is 66.0 Å². The van der Waals surface area contributed by atoms with E-state index in [1.54, 1.807) is 16.0 Å². The number of piperazine rings is 1. The number of aromatic nitrogens is 1. The number of alkyl halides is 1. The van der Waals surface area contributed by atoms with Crippen LogP contribution in [0.25, 0.3) is 0 Å². The Morgan fingerprint density at radius 3 is 2.42 bits per heavy atom. The van der Waals surface area contributed by atoms with Gasteiger partial charge in [-0.1, -0.05) is 15.9 Å². The predicted octanol–water partition coefficient (Wildman–Crippen LogP) is 2.64. The van der Waals surface area contributed by atoms with E-state index in [1.165, 1.54) is 0 Å². The van der Waals surface area contributed by atoms with Crippen LogP contribution in [0.4, 0.5) is 16.3 Å². The second-order valence-corrected chi connectivity index (χ2v) is 8.93. The molecule has 2 aliphatic rings. The van der Waals surface area contributed by atoms with E-state index in [-0.39, 0.29) is 16.8 Å². The number of anilines is 2. The van der Waals surface area contributed by atoms with Crippen LogP contribution in [0.3, 0.4) is 0 Å². The number of nitrogens with zero attached hydrogens (tertiary/aromatic N) is 4. The summed E-state index contributed by atoms with van der Waals surface area (Å²) in [6.07, 6.45) is 2.00. The van der Waals surface area contributed by atoms with Crippen molar-refractivity contribution in [2.24, 2.45) is 0 Å². The quantitative estimate of drug-likeness (QED) is 0.682. The third kappa shape index (κ3) is 4.47. The summed E-state index contributed by atoms with van der Waals surface area (Å²) < 4.78 is 5.42. The number of rotatable bonds is 2. The van der Waals surface area contributed by atoms with E-state index in [0.29, 0.717) is 39.1 Å². The van der Waals surface area contributed by atoms with Gasteiger partial charge in [0, 0.05) is 44.0 Å². The molecule has 2 saturated heterocycles. The van der Waals surface area contributed by atoms with E-state index in [4.69, 9.17) is 4.74 Å². The molecule has 0 bridgehead atoms. The number of amides is 2. The lowest BCUT2D eigenvalue weighted by atomic mass is 10.2. The minimum absolute atomic E-state index is 0.118. The maximum atomic E-state index is 12.1. The highest BCUT2D eigenvalue weighted by Gasteiger charge is 2.29. The molecule has 7 nitrogen and oxygen atoms in total. The molecule has 0 radical (unpaired) electrons. The third-order valence-electron chi connectivity index (χ3n) is 4.38. The van der Waals surface area contributed by atoms with Crippen LogP contribution in [-0.2, 0) is 9.53 Å². The Morgan fingerprint density at radius 1 is 1.23 bits per heavy atom. The van der Waals surface area contributed by atoms with Gasteiger partial charge in [-0.05, 0) is 32.9 Å². The molecule has 26 heavy (non-hydrogen) atoms. The van der Waals surface area contributed by atoms with Gasteiger partial charge in [-0.15, -0.1) is 0 Å². The van der Waals surface area contributed by atoms with Gasteiger partial charge < -0.3 is 19.4 Å². The maximum Gasteiger partial charge on any atom is 0.410 e. The normalized spacial score (nSPS) is 21.3. The summed E-state index contributed by atoms with van der Waals surface area (Å²) in [6, 6.07) is 3.87. The first-order valence-electron chi connectivity index (χ1n) is 8.86. The molecule has 142 valence electrons. The summed E-state index contributed by atoms with van der Waals surface area (Å²) >= 11 is 3.50. The molecule has 1 unspecified atom stereocenters. The summed E-state index contributed by atoms with van der Waals surface area (Å²) in [4.78, 5) is 34.5. The SMILES string of the molecule is CC(C)(C)OC(=O)N1CCN(c2ccc(N3CC(Br)CC3=O)cn2)CC1. The Kier molecular flexibility index (Phi) is 5.41. The molecule has 3 rings (SSSR count). The second kappa shape index (κ2) is 7.42. The van der Waals surface area contributed by atoms with E-state index < -0.39 is 5.60 Å². The van der Waals surface area contributed by atoms with Gasteiger partial charge in [0.1, 0.15) is 11.4 Å². The smallest absolute Gasteiger partial charge is 0.410 e.